The topological polar surface area (TPSA) is 79.5 Å². The molecule has 0 radical (unpaired) electrons. The Morgan fingerprint density at radius 2 is 2.35 bits per heavy atom. The number of thiazole rings is 1. The van der Waals surface area contributed by atoms with Crippen LogP contribution in [-0.4, -0.2) is 29.1 Å². The van der Waals surface area contributed by atoms with Crippen molar-refractivity contribution in [3.63, 3.8) is 0 Å². The van der Waals surface area contributed by atoms with Crippen molar-refractivity contribution in [2.24, 2.45) is 11.7 Å². The maximum Gasteiger partial charge on any atom is 0.326 e. The van der Waals surface area contributed by atoms with E-state index in [0.29, 0.717) is 11.7 Å². The Balaban J connectivity index is 2.09. The van der Waals surface area contributed by atoms with E-state index in [1.807, 2.05) is 7.05 Å². The van der Waals surface area contributed by atoms with Crippen LogP contribution in [0.1, 0.15) is 31.5 Å². The number of anilines is 1. The average molecular weight is 255 g/mol. The lowest BCUT2D eigenvalue weighted by Gasteiger charge is -2.23. The molecule has 1 aromatic rings. The van der Waals surface area contributed by atoms with E-state index >= 15 is 0 Å². The van der Waals surface area contributed by atoms with Gasteiger partial charge < -0.3 is 15.7 Å². The van der Waals surface area contributed by atoms with Crippen LogP contribution in [0.15, 0.2) is 5.38 Å². The van der Waals surface area contributed by atoms with Gasteiger partial charge in [-0.2, -0.15) is 0 Å². The highest BCUT2D eigenvalue weighted by atomic mass is 32.1. The molecule has 1 fully saturated rings. The Morgan fingerprint density at radius 3 is 2.88 bits per heavy atom. The predicted octanol–water partition coefficient (Wildman–Crippen LogP) is 1.46. The van der Waals surface area contributed by atoms with E-state index < -0.39 is 12.0 Å². The van der Waals surface area contributed by atoms with E-state index in [9.17, 15) is 4.79 Å². The minimum atomic E-state index is -1.04. The fourth-order valence-electron chi connectivity index (χ4n) is 1.78. The second kappa shape index (κ2) is 4.62. The number of rotatable bonds is 5. The fourth-order valence-corrected chi connectivity index (χ4v) is 2.69. The van der Waals surface area contributed by atoms with E-state index in [1.165, 1.54) is 24.2 Å². The summed E-state index contributed by atoms with van der Waals surface area (Å²) < 4.78 is 0. The first-order valence-electron chi connectivity index (χ1n) is 5.67. The fraction of sp³-hybridized carbons (Fsp3) is 0.636. The van der Waals surface area contributed by atoms with Crippen LogP contribution in [0.2, 0.25) is 0 Å². The van der Waals surface area contributed by atoms with Crippen molar-refractivity contribution in [3.05, 3.63) is 11.1 Å². The van der Waals surface area contributed by atoms with E-state index in [1.54, 1.807) is 5.38 Å². The second-order valence-electron chi connectivity index (χ2n) is 4.56. The molecule has 0 aromatic carbocycles. The molecule has 1 heterocycles. The summed E-state index contributed by atoms with van der Waals surface area (Å²) in [4.78, 5) is 17.2. The van der Waals surface area contributed by atoms with Crippen LogP contribution in [0.5, 0.6) is 0 Å². The zero-order valence-corrected chi connectivity index (χ0v) is 10.8. The molecule has 0 spiro atoms. The van der Waals surface area contributed by atoms with Gasteiger partial charge in [0.05, 0.1) is 5.69 Å². The summed E-state index contributed by atoms with van der Waals surface area (Å²) in [5.74, 6) is -0.291. The van der Waals surface area contributed by atoms with Gasteiger partial charge in [0.25, 0.3) is 0 Å². The number of nitrogens with zero attached hydrogens (tertiary/aromatic N) is 2. The summed E-state index contributed by atoms with van der Waals surface area (Å²) in [5, 5.41) is 11.4. The van der Waals surface area contributed by atoms with Crippen LogP contribution in [-0.2, 0) is 4.79 Å². The first-order chi connectivity index (χ1) is 8.00. The monoisotopic (exact) mass is 255 g/mol. The van der Waals surface area contributed by atoms with Crippen LogP contribution < -0.4 is 10.6 Å². The normalized spacial score (nSPS) is 18.8. The molecule has 94 valence electrons. The van der Waals surface area contributed by atoms with Crippen LogP contribution in [0.4, 0.5) is 5.13 Å². The molecular weight excluding hydrogens is 238 g/mol. The molecule has 0 saturated heterocycles. The highest BCUT2D eigenvalue weighted by Gasteiger charge is 2.31. The molecule has 2 rings (SSSR count). The lowest BCUT2D eigenvalue weighted by molar-refractivity contribution is -0.138. The van der Waals surface area contributed by atoms with Crippen molar-refractivity contribution in [2.45, 2.75) is 31.8 Å². The quantitative estimate of drug-likeness (QED) is 0.832. The Kier molecular flexibility index (Phi) is 3.35. The Morgan fingerprint density at radius 1 is 1.71 bits per heavy atom. The maximum atomic E-state index is 10.8. The molecule has 0 aliphatic heterocycles. The van der Waals surface area contributed by atoms with Gasteiger partial charge in [-0.25, -0.2) is 4.98 Å². The second-order valence-corrected chi connectivity index (χ2v) is 5.40. The molecule has 0 amide bonds. The van der Waals surface area contributed by atoms with Gasteiger partial charge in [-0.3, -0.25) is 4.79 Å². The lowest BCUT2D eigenvalue weighted by atomic mass is 10.2. The summed E-state index contributed by atoms with van der Waals surface area (Å²) in [6.07, 6.45) is 2.55. The minimum Gasteiger partial charge on any atom is -0.480 e. The molecule has 2 atom stereocenters. The molecule has 0 bridgehead atoms. The summed E-state index contributed by atoms with van der Waals surface area (Å²) >= 11 is 1.45. The van der Waals surface area contributed by atoms with Crippen LogP contribution >= 0.6 is 11.3 Å². The first-order valence-corrected chi connectivity index (χ1v) is 6.55. The average Bonchev–Trinajstić information content (AvgIpc) is 3.03. The van der Waals surface area contributed by atoms with Gasteiger partial charge in [-0.05, 0) is 25.7 Å². The lowest BCUT2D eigenvalue weighted by Crippen LogP contribution is -2.30. The van der Waals surface area contributed by atoms with Crippen molar-refractivity contribution >= 4 is 22.4 Å². The van der Waals surface area contributed by atoms with Crippen LogP contribution in [0, 0.1) is 5.92 Å². The molecule has 1 aliphatic carbocycles. The summed E-state index contributed by atoms with van der Waals surface area (Å²) in [5.41, 5.74) is 5.96. The van der Waals surface area contributed by atoms with Crippen molar-refractivity contribution in [1.29, 1.82) is 0 Å². The van der Waals surface area contributed by atoms with E-state index in [4.69, 9.17) is 10.8 Å². The van der Waals surface area contributed by atoms with Gasteiger partial charge in [0, 0.05) is 18.5 Å². The molecule has 1 aliphatic rings. The molecule has 5 nitrogen and oxygen atoms in total. The number of carboxylic acid groups (broad SMARTS) is 1. The largest absolute Gasteiger partial charge is 0.480 e. The summed E-state index contributed by atoms with van der Waals surface area (Å²) in [6.45, 7) is 2.18. The van der Waals surface area contributed by atoms with E-state index in [0.717, 1.165) is 11.0 Å². The van der Waals surface area contributed by atoms with Crippen molar-refractivity contribution in [3.8, 4) is 0 Å². The van der Waals surface area contributed by atoms with Gasteiger partial charge in [-0.15, -0.1) is 11.3 Å². The third kappa shape index (κ3) is 2.58. The first kappa shape index (κ1) is 12.3. The Labute approximate surface area is 104 Å². The van der Waals surface area contributed by atoms with Crippen molar-refractivity contribution in [2.75, 3.05) is 11.9 Å². The SMILES string of the molecule is CC(C1CC1)N(C)c1nc(C(N)C(=O)O)cs1. The number of carbonyl (C=O) groups is 1. The Bertz CT molecular complexity index is 417. The zero-order chi connectivity index (χ0) is 12.6. The molecule has 1 saturated carbocycles. The van der Waals surface area contributed by atoms with Crippen molar-refractivity contribution < 1.29 is 9.90 Å². The van der Waals surface area contributed by atoms with E-state index in [2.05, 4.69) is 16.8 Å². The molecule has 3 N–H and O–H groups in total. The zero-order valence-electron chi connectivity index (χ0n) is 9.96. The smallest absolute Gasteiger partial charge is 0.326 e. The number of aliphatic carboxylic acids is 1. The number of hydrogen-bond donors (Lipinski definition) is 2. The van der Waals surface area contributed by atoms with E-state index in [-0.39, 0.29) is 0 Å². The van der Waals surface area contributed by atoms with Gasteiger partial charge in [-0.1, -0.05) is 0 Å². The molecule has 2 unspecified atom stereocenters. The highest BCUT2D eigenvalue weighted by molar-refractivity contribution is 7.13. The molecule has 1 aromatic heterocycles. The third-order valence-corrected chi connectivity index (χ3v) is 4.26. The maximum absolute atomic E-state index is 10.8. The molecule has 6 heteroatoms. The van der Waals surface area contributed by atoms with Gasteiger partial charge in [0.2, 0.25) is 0 Å². The molecular formula is C11H17N3O2S. The number of nitrogens with two attached hydrogens (primary N) is 1. The number of hydrogen-bond acceptors (Lipinski definition) is 5. The Hall–Kier alpha value is -1.14. The predicted molar refractivity (Wildman–Crippen MR) is 67.3 cm³/mol. The summed E-state index contributed by atoms with van der Waals surface area (Å²) in [6, 6.07) is -0.570. The van der Waals surface area contributed by atoms with Gasteiger partial charge in [0.1, 0.15) is 6.04 Å². The highest BCUT2D eigenvalue weighted by Crippen LogP contribution is 2.37. The van der Waals surface area contributed by atoms with Crippen molar-refractivity contribution in [1.82, 2.24) is 4.98 Å². The standard InChI is InChI=1S/C11H17N3O2S/c1-6(7-3-4-7)14(2)11-13-8(5-17-11)9(12)10(15)16/h5-7,9H,3-4,12H2,1-2H3,(H,15,16). The van der Waals surface area contributed by atoms with Gasteiger partial charge in [0.15, 0.2) is 5.13 Å². The van der Waals surface area contributed by atoms with Crippen LogP contribution in [0.25, 0.3) is 0 Å². The van der Waals surface area contributed by atoms with Gasteiger partial charge >= 0.3 is 5.97 Å². The molecule has 17 heavy (non-hydrogen) atoms. The summed E-state index contributed by atoms with van der Waals surface area (Å²) in [7, 11) is 2.00. The minimum absolute atomic E-state index is 0.437. The number of carboxylic acids is 1. The third-order valence-electron chi connectivity index (χ3n) is 3.31. The number of aromatic nitrogens is 1. The van der Waals surface area contributed by atoms with Crippen LogP contribution in [0.3, 0.4) is 0 Å².